The second-order valence-corrected chi connectivity index (χ2v) is 8.08. The van der Waals surface area contributed by atoms with E-state index in [2.05, 4.69) is 0 Å². The fourth-order valence-corrected chi connectivity index (χ4v) is 4.07. The lowest BCUT2D eigenvalue weighted by atomic mass is 9.64. The number of aldehydes is 1. The molecule has 0 unspecified atom stereocenters. The quantitative estimate of drug-likeness (QED) is 0.377. The summed E-state index contributed by atoms with van der Waals surface area (Å²) in [5.41, 5.74) is -5.07. The lowest BCUT2D eigenvalue weighted by Crippen LogP contribution is -2.72. The van der Waals surface area contributed by atoms with E-state index in [-0.39, 0.29) is 25.5 Å². The molecule has 0 saturated carbocycles. The first kappa shape index (κ1) is 22.8. The molecule has 0 heterocycles. The normalized spacial score (nSPS) is 17.2. The molecule has 5 heteroatoms. The van der Waals surface area contributed by atoms with Gasteiger partial charge >= 0.3 is 0 Å². The largest absolute Gasteiger partial charge is 0.393 e. The van der Waals surface area contributed by atoms with Crippen LogP contribution >= 0.6 is 0 Å². The van der Waals surface area contributed by atoms with Crippen molar-refractivity contribution in [1.82, 2.24) is 0 Å². The van der Waals surface area contributed by atoms with Gasteiger partial charge in [0.15, 0.2) is 11.9 Å². The van der Waals surface area contributed by atoms with E-state index < -0.39 is 23.4 Å². The van der Waals surface area contributed by atoms with Crippen molar-refractivity contribution < 1.29 is 25.2 Å². The van der Waals surface area contributed by atoms with E-state index in [0.717, 1.165) is 0 Å². The number of carbonyl (C=O) groups excluding carboxylic acids is 1. The lowest BCUT2D eigenvalue weighted by Gasteiger charge is -2.50. The smallest absolute Gasteiger partial charge is 0.155 e. The van der Waals surface area contributed by atoms with Crippen LogP contribution in [0.2, 0.25) is 0 Å². The van der Waals surface area contributed by atoms with Crippen LogP contribution in [0.3, 0.4) is 0 Å². The van der Waals surface area contributed by atoms with Crippen molar-refractivity contribution in [2.45, 2.75) is 36.1 Å². The van der Waals surface area contributed by atoms with Gasteiger partial charge in [-0.1, -0.05) is 91.0 Å². The van der Waals surface area contributed by atoms with Gasteiger partial charge in [0.2, 0.25) is 0 Å². The predicted molar refractivity (Wildman–Crippen MR) is 118 cm³/mol. The summed E-state index contributed by atoms with van der Waals surface area (Å²) in [5, 5.41) is 45.3. The highest BCUT2D eigenvalue weighted by Gasteiger charge is 2.61. The van der Waals surface area contributed by atoms with E-state index in [1.807, 2.05) is 6.07 Å². The van der Waals surface area contributed by atoms with Crippen LogP contribution in [-0.4, -0.2) is 50.1 Å². The van der Waals surface area contributed by atoms with Gasteiger partial charge in [0, 0.05) is 19.3 Å². The number of carbonyl (C=O) groups is 1. The first-order chi connectivity index (χ1) is 14.9. The number of benzene rings is 3. The molecule has 0 spiro atoms. The minimum absolute atomic E-state index is 0.154. The molecule has 4 N–H and O–H groups in total. The Balaban J connectivity index is 2.11. The second-order valence-electron chi connectivity index (χ2n) is 8.08. The van der Waals surface area contributed by atoms with Gasteiger partial charge in [-0.3, -0.25) is 0 Å². The van der Waals surface area contributed by atoms with Crippen LogP contribution in [0.5, 0.6) is 0 Å². The molecule has 3 aromatic rings. The summed E-state index contributed by atoms with van der Waals surface area (Å²) >= 11 is 0. The van der Waals surface area contributed by atoms with Gasteiger partial charge < -0.3 is 25.2 Å². The van der Waals surface area contributed by atoms with Crippen molar-refractivity contribution in [3.8, 4) is 0 Å². The maximum absolute atomic E-state index is 12.3. The van der Waals surface area contributed by atoms with E-state index in [0.29, 0.717) is 16.7 Å². The summed E-state index contributed by atoms with van der Waals surface area (Å²) in [5.74, 6) is 0. The van der Waals surface area contributed by atoms with E-state index in [1.165, 1.54) is 0 Å². The van der Waals surface area contributed by atoms with Crippen LogP contribution in [0, 0.1) is 0 Å². The predicted octanol–water partition coefficient (Wildman–Crippen LogP) is 2.10. The zero-order valence-electron chi connectivity index (χ0n) is 17.3. The topological polar surface area (TPSA) is 98.0 Å². The molecule has 0 aliphatic carbocycles. The molecule has 0 aliphatic rings. The maximum Gasteiger partial charge on any atom is 0.155 e. The van der Waals surface area contributed by atoms with Gasteiger partial charge in [-0.25, -0.2) is 0 Å². The third kappa shape index (κ3) is 4.75. The molecule has 0 fully saturated rings. The fourth-order valence-electron chi connectivity index (χ4n) is 4.07. The highest BCUT2D eigenvalue weighted by molar-refractivity contribution is 5.67. The van der Waals surface area contributed by atoms with Crippen molar-refractivity contribution in [1.29, 1.82) is 0 Å². The van der Waals surface area contributed by atoms with Crippen molar-refractivity contribution in [3.05, 3.63) is 108 Å². The fraction of sp³-hybridized carbons (Fsp3) is 0.269. The zero-order chi connectivity index (χ0) is 22.4. The van der Waals surface area contributed by atoms with Crippen molar-refractivity contribution in [2.75, 3.05) is 6.61 Å². The van der Waals surface area contributed by atoms with Crippen LogP contribution < -0.4 is 0 Å². The van der Waals surface area contributed by atoms with Gasteiger partial charge in [0.1, 0.15) is 11.2 Å². The Morgan fingerprint density at radius 2 is 1.00 bits per heavy atom. The molecule has 3 aromatic carbocycles. The Kier molecular flexibility index (Phi) is 7.03. The van der Waals surface area contributed by atoms with Crippen molar-refractivity contribution in [2.24, 2.45) is 0 Å². The van der Waals surface area contributed by atoms with E-state index in [4.69, 9.17) is 0 Å². The maximum atomic E-state index is 12.3. The number of rotatable bonds is 10. The Hall–Kier alpha value is -2.83. The van der Waals surface area contributed by atoms with E-state index in [9.17, 15) is 25.2 Å². The third-order valence-electron chi connectivity index (χ3n) is 5.90. The Morgan fingerprint density at radius 3 is 1.39 bits per heavy atom. The highest BCUT2D eigenvalue weighted by Crippen LogP contribution is 2.39. The highest BCUT2D eigenvalue weighted by atomic mass is 16.4. The minimum Gasteiger partial charge on any atom is -0.393 e. The molecule has 162 valence electrons. The van der Waals surface area contributed by atoms with Gasteiger partial charge in [0.25, 0.3) is 0 Å². The number of hydrogen-bond acceptors (Lipinski definition) is 5. The average Bonchev–Trinajstić information content (AvgIpc) is 2.80. The SMILES string of the molecule is O=C[C@](O)(Cc1ccccc1)[C@@](O)(Cc1ccccc1)[C@](O)(CO)Cc1ccccc1. The van der Waals surface area contributed by atoms with Crippen molar-refractivity contribution >= 4 is 6.29 Å². The Morgan fingerprint density at radius 1 is 0.613 bits per heavy atom. The van der Waals surface area contributed by atoms with Crippen molar-refractivity contribution in [3.63, 3.8) is 0 Å². The summed E-state index contributed by atoms with van der Waals surface area (Å²) < 4.78 is 0. The molecule has 3 rings (SSSR count). The number of aliphatic hydroxyl groups excluding tert-OH is 1. The number of aliphatic hydroxyl groups is 4. The van der Waals surface area contributed by atoms with Crippen LogP contribution in [0.1, 0.15) is 16.7 Å². The molecule has 0 radical (unpaired) electrons. The van der Waals surface area contributed by atoms with Crippen LogP contribution in [-0.2, 0) is 24.1 Å². The Bertz CT molecular complexity index is 963. The van der Waals surface area contributed by atoms with Crippen LogP contribution in [0.15, 0.2) is 91.0 Å². The summed E-state index contributed by atoms with van der Waals surface area (Å²) in [6.07, 6.45) is -0.343. The van der Waals surface area contributed by atoms with Crippen LogP contribution in [0.4, 0.5) is 0 Å². The Labute approximate surface area is 182 Å². The molecule has 0 aromatic heterocycles. The third-order valence-corrected chi connectivity index (χ3v) is 5.90. The first-order valence-electron chi connectivity index (χ1n) is 10.2. The van der Waals surface area contributed by atoms with Gasteiger partial charge in [-0.2, -0.15) is 0 Å². The average molecular weight is 421 g/mol. The second kappa shape index (κ2) is 9.54. The summed E-state index contributed by atoms with van der Waals surface area (Å²) in [6.45, 7) is -0.851. The summed E-state index contributed by atoms with van der Waals surface area (Å²) in [4.78, 5) is 12.3. The van der Waals surface area contributed by atoms with Crippen LogP contribution in [0.25, 0.3) is 0 Å². The van der Waals surface area contributed by atoms with E-state index >= 15 is 0 Å². The molecule has 5 nitrogen and oxygen atoms in total. The summed E-state index contributed by atoms with van der Waals surface area (Å²) in [7, 11) is 0. The van der Waals surface area contributed by atoms with Gasteiger partial charge in [0.05, 0.1) is 6.61 Å². The summed E-state index contributed by atoms with van der Waals surface area (Å²) in [6, 6.07) is 26.5. The zero-order valence-corrected chi connectivity index (χ0v) is 17.3. The monoisotopic (exact) mass is 420 g/mol. The molecular formula is C26H28O5. The van der Waals surface area contributed by atoms with E-state index in [1.54, 1.807) is 84.9 Å². The number of hydrogen-bond donors (Lipinski definition) is 4. The molecule has 0 amide bonds. The minimum atomic E-state index is -2.39. The molecule has 0 saturated heterocycles. The molecule has 0 bridgehead atoms. The molecule has 3 atom stereocenters. The van der Waals surface area contributed by atoms with Gasteiger partial charge in [-0.15, -0.1) is 0 Å². The molecule has 31 heavy (non-hydrogen) atoms. The molecular weight excluding hydrogens is 392 g/mol. The molecule has 0 aliphatic heterocycles. The standard InChI is InChI=1S/C26H28O5/c27-19-24(29,16-21-10-4-1-5-11-21)26(31,18-23-14-8-3-9-15-23)25(30,20-28)17-22-12-6-2-7-13-22/h1-15,19,28-31H,16-18,20H2/t24-,25-,26+/m1/s1. The lowest BCUT2D eigenvalue weighted by molar-refractivity contribution is -0.244. The van der Waals surface area contributed by atoms with Gasteiger partial charge in [-0.05, 0) is 16.7 Å². The first-order valence-corrected chi connectivity index (χ1v) is 10.2.